The van der Waals surface area contributed by atoms with E-state index in [1.165, 1.54) is 5.56 Å². The Morgan fingerprint density at radius 1 is 1.29 bits per heavy atom. The molecule has 0 fully saturated rings. The number of thioether (sulfide) groups is 1. The maximum atomic E-state index is 11.5. The predicted molar refractivity (Wildman–Crippen MR) is 74.4 cm³/mol. The van der Waals surface area contributed by atoms with E-state index in [1.807, 2.05) is 0 Å². The van der Waals surface area contributed by atoms with Crippen molar-refractivity contribution >= 4 is 17.7 Å². The summed E-state index contributed by atoms with van der Waals surface area (Å²) < 4.78 is 0. The fourth-order valence-corrected chi connectivity index (χ4v) is 2.06. The van der Waals surface area contributed by atoms with Gasteiger partial charge in [-0.25, -0.2) is 0 Å². The summed E-state index contributed by atoms with van der Waals surface area (Å²) in [6.07, 6.45) is 1.04. The SMILES string of the molecule is Cc1ccc(SCC(=O)NCCC(C)C)cc1. The molecule has 2 nitrogen and oxygen atoms in total. The molecule has 17 heavy (non-hydrogen) atoms. The van der Waals surface area contributed by atoms with E-state index in [0.717, 1.165) is 17.9 Å². The molecule has 1 rings (SSSR count). The first-order valence-electron chi connectivity index (χ1n) is 6.04. The summed E-state index contributed by atoms with van der Waals surface area (Å²) in [7, 11) is 0. The minimum atomic E-state index is 0.122. The van der Waals surface area contributed by atoms with Crippen LogP contribution in [0.15, 0.2) is 29.2 Å². The van der Waals surface area contributed by atoms with Gasteiger partial charge in [0.2, 0.25) is 5.91 Å². The highest BCUT2D eigenvalue weighted by molar-refractivity contribution is 8.00. The second kappa shape index (κ2) is 7.38. The van der Waals surface area contributed by atoms with Crippen LogP contribution in [-0.4, -0.2) is 18.2 Å². The molecule has 0 radical (unpaired) electrons. The number of aryl methyl sites for hydroxylation is 1. The Morgan fingerprint density at radius 2 is 1.94 bits per heavy atom. The standard InChI is InChI=1S/C14H21NOS/c1-11(2)8-9-15-14(16)10-17-13-6-4-12(3)5-7-13/h4-7,11H,8-10H2,1-3H3,(H,15,16). The van der Waals surface area contributed by atoms with Crippen molar-refractivity contribution in [2.24, 2.45) is 5.92 Å². The Labute approximate surface area is 108 Å². The first-order valence-corrected chi connectivity index (χ1v) is 7.02. The van der Waals surface area contributed by atoms with Crippen LogP contribution in [0.5, 0.6) is 0 Å². The van der Waals surface area contributed by atoms with Gasteiger partial charge in [0.15, 0.2) is 0 Å². The van der Waals surface area contributed by atoms with E-state index in [9.17, 15) is 4.79 Å². The van der Waals surface area contributed by atoms with Crippen LogP contribution in [0.2, 0.25) is 0 Å². The Hall–Kier alpha value is -0.960. The molecule has 0 atom stereocenters. The molecular weight excluding hydrogens is 230 g/mol. The molecule has 0 spiro atoms. The maximum absolute atomic E-state index is 11.5. The third kappa shape index (κ3) is 6.37. The van der Waals surface area contributed by atoms with Crippen LogP contribution >= 0.6 is 11.8 Å². The van der Waals surface area contributed by atoms with E-state index in [-0.39, 0.29) is 5.91 Å². The average molecular weight is 251 g/mol. The van der Waals surface area contributed by atoms with Gasteiger partial charge in [-0.2, -0.15) is 0 Å². The second-order valence-electron chi connectivity index (χ2n) is 4.63. The quantitative estimate of drug-likeness (QED) is 0.786. The normalized spacial score (nSPS) is 10.6. The summed E-state index contributed by atoms with van der Waals surface area (Å²) in [5.41, 5.74) is 1.25. The van der Waals surface area contributed by atoms with Crippen molar-refractivity contribution in [3.05, 3.63) is 29.8 Å². The van der Waals surface area contributed by atoms with Gasteiger partial charge in [-0.15, -0.1) is 11.8 Å². The van der Waals surface area contributed by atoms with Crippen molar-refractivity contribution in [3.8, 4) is 0 Å². The van der Waals surface area contributed by atoms with Gasteiger partial charge in [-0.1, -0.05) is 31.5 Å². The van der Waals surface area contributed by atoms with Crippen molar-refractivity contribution in [3.63, 3.8) is 0 Å². The van der Waals surface area contributed by atoms with Gasteiger partial charge in [0.1, 0.15) is 0 Å². The summed E-state index contributed by atoms with van der Waals surface area (Å²) in [6.45, 7) is 7.17. The number of nitrogens with one attached hydrogen (secondary N) is 1. The highest BCUT2D eigenvalue weighted by Crippen LogP contribution is 2.17. The Morgan fingerprint density at radius 3 is 2.53 bits per heavy atom. The molecule has 1 aromatic rings. The van der Waals surface area contributed by atoms with Crippen molar-refractivity contribution in [2.45, 2.75) is 32.1 Å². The van der Waals surface area contributed by atoms with Crippen LogP contribution < -0.4 is 5.32 Å². The summed E-state index contributed by atoms with van der Waals surface area (Å²) in [4.78, 5) is 12.7. The molecule has 1 aromatic carbocycles. The van der Waals surface area contributed by atoms with Crippen molar-refractivity contribution in [1.82, 2.24) is 5.32 Å². The maximum Gasteiger partial charge on any atom is 0.230 e. The van der Waals surface area contributed by atoms with Crippen LogP contribution in [0.1, 0.15) is 25.8 Å². The summed E-state index contributed by atoms with van der Waals surface area (Å²) in [5, 5.41) is 2.94. The lowest BCUT2D eigenvalue weighted by molar-refractivity contribution is -0.118. The molecule has 0 aliphatic rings. The van der Waals surface area contributed by atoms with Gasteiger partial charge in [0, 0.05) is 11.4 Å². The zero-order chi connectivity index (χ0) is 12.7. The van der Waals surface area contributed by atoms with Crippen LogP contribution in [-0.2, 0) is 4.79 Å². The lowest BCUT2D eigenvalue weighted by Crippen LogP contribution is -2.26. The lowest BCUT2D eigenvalue weighted by Gasteiger charge is -2.07. The van der Waals surface area contributed by atoms with Crippen molar-refractivity contribution in [2.75, 3.05) is 12.3 Å². The molecule has 0 unspecified atom stereocenters. The van der Waals surface area contributed by atoms with Crippen LogP contribution in [0.25, 0.3) is 0 Å². The first-order chi connectivity index (χ1) is 8.08. The molecule has 0 saturated heterocycles. The van der Waals surface area contributed by atoms with Gasteiger partial charge in [-0.3, -0.25) is 4.79 Å². The highest BCUT2D eigenvalue weighted by atomic mass is 32.2. The Bertz CT molecular complexity index is 346. The van der Waals surface area contributed by atoms with Gasteiger partial charge in [-0.05, 0) is 31.4 Å². The van der Waals surface area contributed by atoms with E-state index in [1.54, 1.807) is 11.8 Å². The highest BCUT2D eigenvalue weighted by Gasteiger charge is 2.02. The summed E-state index contributed by atoms with van der Waals surface area (Å²) in [5.74, 6) is 1.26. The zero-order valence-electron chi connectivity index (χ0n) is 10.8. The molecule has 0 heterocycles. The molecule has 0 aliphatic carbocycles. The fourth-order valence-electron chi connectivity index (χ4n) is 1.33. The molecule has 3 heteroatoms. The lowest BCUT2D eigenvalue weighted by atomic mass is 10.1. The molecule has 1 amide bonds. The number of rotatable bonds is 6. The van der Waals surface area contributed by atoms with Crippen LogP contribution in [0, 0.1) is 12.8 Å². The molecular formula is C14H21NOS. The van der Waals surface area contributed by atoms with E-state index in [2.05, 4.69) is 50.4 Å². The predicted octanol–water partition coefficient (Wildman–Crippen LogP) is 3.25. The van der Waals surface area contributed by atoms with Gasteiger partial charge in [0.05, 0.1) is 5.75 Å². The number of carbonyl (C=O) groups excluding carboxylic acids is 1. The molecule has 94 valence electrons. The van der Waals surface area contributed by atoms with E-state index in [0.29, 0.717) is 11.7 Å². The fraction of sp³-hybridized carbons (Fsp3) is 0.500. The zero-order valence-corrected chi connectivity index (χ0v) is 11.6. The number of hydrogen-bond donors (Lipinski definition) is 1. The number of hydrogen-bond acceptors (Lipinski definition) is 2. The van der Waals surface area contributed by atoms with Crippen LogP contribution in [0.3, 0.4) is 0 Å². The van der Waals surface area contributed by atoms with E-state index in [4.69, 9.17) is 0 Å². The topological polar surface area (TPSA) is 29.1 Å². The third-order valence-electron chi connectivity index (χ3n) is 2.43. The second-order valence-corrected chi connectivity index (χ2v) is 5.68. The molecule has 0 bridgehead atoms. The average Bonchev–Trinajstić information content (AvgIpc) is 2.28. The molecule has 0 aliphatic heterocycles. The van der Waals surface area contributed by atoms with Gasteiger partial charge < -0.3 is 5.32 Å². The number of amides is 1. The van der Waals surface area contributed by atoms with E-state index < -0.39 is 0 Å². The minimum Gasteiger partial charge on any atom is -0.355 e. The number of benzene rings is 1. The van der Waals surface area contributed by atoms with Crippen molar-refractivity contribution < 1.29 is 4.79 Å². The smallest absolute Gasteiger partial charge is 0.230 e. The summed E-state index contributed by atoms with van der Waals surface area (Å²) >= 11 is 1.58. The van der Waals surface area contributed by atoms with Crippen LogP contribution in [0.4, 0.5) is 0 Å². The van der Waals surface area contributed by atoms with E-state index >= 15 is 0 Å². The van der Waals surface area contributed by atoms with Gasteiger partial charge in [0.25, 0.3) is 0 Å². The molecule has 1 N–H and O–H groups in total. The Kier molecular flexibility index (Phi) is 6.12. The molecule has 0 aromatic heterocycles. The Balaban J connectivity index is 2.21. The summed E-state index contributed by atoms with van der Waals surface area (Å²) in [6, 6.07) is 8.25. The largest absolute Gasteiger partial charge is 0.355 e. The number of carbonyl (C=O) groups is 1. The third-order valence-corrected chi connectivity index (χ3v) is 3.45. The molecule has 0 saturated carbocycles. The van der Waals surface area contributed by atoms with Gasteiger partial charge >= 0.3 is 0 Å². The monoisotopic (exact) mass is 251 g/mol. The first kappa shape index (κ1) is 14.1. The minimum absolute atomic E-state index is 0.122. The van der Waals surface area contributed by atoms with Crippen molar-refractivity contribution in [1.29, 1.82) is 0 Å².